The first-order valence-electron chi connectivity index (χ1n) is 8.17. The molecule has 1 amide bonds. The van der Waals surface area contributed by atoms with Gasteiger partial charge in [0.25, 0.3) is 0 Å². The van der Waals surface area contributed by atoms with Gasteiger partial charge in [-0.15, -0.1) is 0 Å². The van der Waals surface area contributed by atoms with E-state index in [0.717, 1.165) is 24.7 Å². The summed E-state index contributed by atoms with van der Waals surface area (Å²) >= 11 is 0. The molecule has 1 saturated carbocycles. The zero-order chi connectivity index (χ0) is 15.3. The third-order valence-electron chi connectivity index (χ3n) is 4.67. The van der Waals surface area contributed by atoms with Crippen LogP contribution in [0.5, 0.6) is 0 Å². The number of carbonyl (C=O) groups is 1. The fourth-order valence-corrected chi connectivity index (χ4v) is 3.39. The highest BCUT2D eigenvalue weighted by Crippen LogP contribution is 2.33. The molecule has 1 aliphatic rings. The van der Waals surface area contributed by atoms with Gasteiger partial charge in [-0.25, -0.2) is 0 Å². The summed E-state index contributed by atoms with van der Waals surface area (Å²) in [4.78, 5) is 12.2. The third-order valence-corrected chi connectivity index (χ3v) is 4.67. The van der Waals surface area contributed by atoms with E-state index in [1.54, 1.807) is 6.92 Å². The molecular formula is C17H33NO2. The summed E-state index contributed by atoms with van der Waals surface area (Å²) in [5, 5.41) is 12.6. The maximum absolute atomic E-state index is 12.2. The van der Waals surface area contributed by atoms with Gasteiger partial charge in [0, 0.05) is 12.5 Å². The highest BCUT2D eigenvalue weighted by molar-refractivity contribution is 5.78. The van der Waals surface area contributed by atoms with Crippen molar-refractivity contribution in [3.63, 3.8) is 0 Å². The summed E-state index contributed by atoms with van der Waals surface area (Å²) in [5.41, 5.74) is -0.0427. The van der Waals surface area contributed by atoms with Crippen LogP contribution in [-0.4, -0.2) is 23.7 Å². The lowest BCUT2D eigenvalue weighted by Crippen LogP contribution is -2.40. The summed E-state index contributed by atoms with van der Waals surface area (Å²) in [6.45, 7) is 11.2. The molecule has 1 unspecified atom stereocenters. The fourth-order valence-electron chi connectivity index (χ4n) is 3.39. The molecule has 0 aromatic heterocycles. The van der Waals surface area contributed by atoms with E-state index in [4.69, 9.17) is 0 Å². The number of aliphatic hydroxyl groups excluding tert-OH is 1. The van der Waals surface area contributed by atoms with Gasteiger partial charge in [-0.05, 0) is 56.3 Å². The van der Waals surface area contributed by atoms with Crippen LogP contribution in [0.2, 0.25) is 0 Å². The molecule has 0 radical (unpaired) electrons. The molecule has 0 bridgehead atoms. The Morgan fingerprint density at radius 2 is 1.75 bits per heavy atom. The molecule has 1 fully saturated rings. The summed E-state index contributed by atoms with van der Waals surface area (Å²) in [6.07, 6.45) is 4.84. The Morgan fingerprint density at radius 3 is 2.20 bits per heavy atom. The van der Waals surface area contributed by atoms with Crippen molar-refractivity contribution in [2.24, 2.45) is 23.2 Å². The Bertz CT molecular complexity index is 302. The molecular weight excluding hydrogens is 250 g/mol. The van der Waals surface area contributed by atoms with Gasteiger partial charge in [0.1, 0.15) is 0 Å². The van der Waals surface area contributed by atoms with Crippen molar-refractivity contribution in [3.05, 3.63) is 0 Å². The van der Waals surface area contributed by atoms with E-state index < -0.39 is 0 Å². The third kappa shape index (κ3) is 5.82. The quantitative estimate of drug-likeness (QED) is 0.785. The van der Waals surface area contributed by atoms with Gasteiger partial charge in [0.15, 0.2) is 0 Å². The lowest BCUT2D eigenvalue weighted by Gasteiger charge is -2.31. The zero-order valence-electron chi connectivity index (χ0n) is 13.9. The lowest BCUT2D eigenvalue weighted by molar-refractivity contribution is -0.126. The minimum Gasteiger partial charge on any atom is -0.393 e. The van der Waals surface area contributed by atoms with E-state index >= 15 is 0 Å². The Morgan fingerprint density at radius 1 is 1.20 bits per heavy atom. The van der Waals surface area contributed by atoms with Crippen molar-refractivity contribution < 1.29 is 9.90 Å². The smallest absolute Gasteiger partial charge is 0.223 e. The van der Waals surface area contributed by atoms with E-state index in [9.17, 15) is 9.90 Å². The fraction of sp³-hybridized carbons (Fsp3) is 0.941. The van der Waals surface area contributed by atoms with Crippen LogP contribution in [0, 0.1) is 23.2 Å². The monoisotopic (exact) mass is 283 g/mol. The summed E-state index contributed by atoms with van der Waals surface area (Å²) < 4.78 is 0. The van der Waals surface area contributed by atoms with Gasteiger partial charge in [-0.2, -0.15) is 0 Å². The molecule has 20 heavy (non-hydrogen) atoms. The van der Waals surface area contributed by atoms with Gasteiger partial charge in [0.05, 0.1) is 6.10 Å². The number of carbonyl (C=O) groups excluding carboxylic acids is 1. The van der Waals surface area contributed by atoms with Crippen LogP contribution in [0.15, 0.2) is 0 Å². The molecule has 0 spiro atoms. The maximum atomic E-state index is 12.2. The Balaban J connectivity index is 2.34. The largest absolute Gasteiger partial charge is 0.393 e. The minimum atomic E-state index is -0.316. The second-order valence-electron chi connectivity index (χ2n) is 7.79. The SMILES string of the molecule is CC(O)CC(C)(C)CNC(=O)C1CCC(C(C)C)CC1. The van der Waals surface area contributed by atoms with Gasteiger partial charge in [0.2, 0.25) is 5.91 Å². The molecule has 1 aliphatic carbocycles. The molecule has 0 aliphatic heterocycles. The number of hydrogen-bond donors (Lipinski definition) is 2. The maximum Gasteiger partial charge on any atom is 0.223 e. The van der Waals surface area contributed by atoms with Gasteiger partial charge >= 0.3 is 0 Å². The predicted molar refractivity (Wildman–Crippen MR) is 83.4 cm³/mol. The molecule has 118 valence electrons. The van der Waals surface area contributed by atoms with Crippen LogP contribution in [0.25, 0.3) is 0 Å². The molecule has 0 aromatic carbocycles. The van der Waals surface area contributed by atoms with Crippen LogP contribution >= 0.6 is 0 Å². The highest BCUT2D eigenvalue weighted by atomic mass is 16.3. The molecule has 0 aromatic rings. The van der Waals surface area contributed by atoms with Crippen molar-refractivity contribution in [2.75, 3.05) is 6.54 Å². The van der Waals surface area contributed by atoms with Gasteiger partial charge in [-0.3, -0.25) is 4.79 Å². The van der Waals surface area contributed by atoms with E-state index in [1.807, 2.05) is 0 Å². The van der Waals surface area contributed by atoms with E-state index in [0.29, 0.717) is 13.0 Å². The zero-order valence-corrected chi connectivity index (χ0v) is 13.9. The standard InChI is InChI=1S/C17H33NO2/c1-12(2)14-6-8-15(9-7-14)16(20)18-11-17(4,5)10-13(3)19/h12-15,19H,6-11H2,1-5H3,(H,18,20). The number of nitrogens with one attached hydrogen (secondary N) is 1. The Labute approximate surface area is 124 Å². The van der Waals surface area contributed by atoms with Gasteiger partial charge < -0.3 is 10.4 Å². The number of rotatable bonds is 6. The lowest BCUT2D eigenvalue weighted by atomic mass is 9.76. The summed E-state index contributed by atoms with van der Waals surface area (Å²) in [6, 6.07) is 0. The second-order valence-corrected chi connectivity index (χ2v) is 7.79. The van der Waals surface area contributed by atoms with Crippen LogP contribution in [-0.2, 0) is 4.79 Å². The number of hydrogen-bond acceptors (Lipinski definition) is 2. The van der Waals surface area contributed by atoms with Crippen LogP contribution < -0.4 is 5.32 Å². The van der Waals surface area contributed by atoms with Crippen molar-refractivity contribution in [3.8, 4) is 0 Å². The average Bonchev–Trinajstić information content (AvgIpc) is 2.34. The van der Waals surface area contributed by atoms with E-state index in [1.165, 1.54) is 12.8 Å². The average molecular weight is 283 g/mol. The van der Waals surface area contributed by atoms with Crippen LogP contribution in [0.1, 0.15) is 66.7 Å². The second kappa shape index (κ2) is 7.44. The number of amides is 1. The van der Waals surface area contributed by atoms with Crippen molar-refractivity contribution in [1.82, 2.24) is 5.32 Å². The molecule has 0 heterocycles. The molecule has 0 saturated heterocycles. The van der Waals surface area contributed by atoms with Crippen molar-refractivity contribution in [2.45, 2.75) is 72.8 Å². The van der Waals surface area contributed by atoms with E-state index in [2.05, 4.69) is 33.0 Å². The predicted octanol–water partition coefficient (Wildman–Crippen LogP) is 3.36. The summed E-state index contributed by atoms with van der Waals surface area (Å²) in [5.74, 6) is 1.95. The Hall–Kier alpha value is -0.570. The first-order chi connectivity index (χ1) is 9.21. The molecule has 1 atom stereocenters. The highest BCUT2D eigenvalue weighted by Gasteiger charge is 2.29. The van der Waals surface area contributed by atoms with Crippen LogP contribution in [0.3, 0.4) is 0 Å². The molecule has 2 N–H and O–H groups in total. The van der Waals surface area contributed by atoms with Crippen molar-refractivity contribution >= 4 is 5.91 Å². The van der Waals surface area contributed by atoms with Crippen LogP contribution in [0.4, 0.5) is 0 Å². The molecule has 1 rings (SSSR count). The number of aliphatic hydroxyl groups is 1. The van der Waals surface area contributed by atoms with Crippen molar-refractivity contribution in [1.29, 1.82) is 0 Å². The molecule has 3 heteroatoms. The van der Waals surface area contributed by atoms with E-state index in [-0.39, 0.29) is 23.3 Å². The topological polar surface area (TPSA) is 49.3 Å². The first kappa shape index (κ1) is 17.5. The first-order valence-corrected chi connectivity index (χ1v) is 8.17. The minimum absolute atomic E-state index is 0.0427. The molecule has 3 nitrogen and oxygen atoms in total. The van der Waals surface area contributed by atoms with Gasteiger partial charge in [-0.1, -0.05) is 27.7 Å². The summed E-state index contributed by atoms with van der Waals surface area (Å²) in [7, 11) is 0. The normalized spacial score (nSPS) is 25.6. The Kier molecular flexibility index (Phi) is 6.50.